The van der Waals surface area contributed by atoms with E-state index in [-0.39, 0.29) is 17.8 Å². The van der Waals surface area contributed by atoms with Crippen LogP contribution in [0.2, 0.25) is 5.02 Å². The number of amides is 1. The van der Waals surface area contributed by atoms with Gasteiger partial charge in [0.05, 0.1) is 33.9 Å². The Morgan fingerprint density at radius 3 is 2.90 bits per heavy atom. The molecule has 0 aliphatic rings. The minimum atomic E-state index is -0.264. The molecule has 0 bridgehead atoms. The van der Waals surface area contributed by atoms with Gasteiger partial charge in [-0.25, -0.2) is 4.98 Å². The van der Waals surface area contributed by atoms with Gasteiger partial charge in [0.15, 0.2) is 5.82 Å². The SMILES string of the molecule is CC(Cn1ccc(-c2ccc(C#N)c(Cl)c2)n1)NC(=O)c1nc2ccccc2[nH]1. The molecular weight excluding hydrogens is 388 g/mol. The molecule has 0 fully saturated rings. The topological polar surface area (TPSA) is 99.4 Å². The molecule has 0 saturated carbocycles. The molecule has 0 aliphatic heterocycles. The minimum absolute atomic E-state index is 0.159. The third-order valence-corrected chi connectivity index (χ3v) is 4.78. The van der Waals surface area contributed by atoms with Crippen molar-refractivity contribution in [2.24, 2.45) is 0 Å². The second-order valence-electron chi connectivity index (χ2n) is 6.71. The lowest BCUT2D eigenvalue weighted by molar-refractivity contribution is 0.0927. The molecular formula is C21H17ClN6O. The number of fused-ring (bicyclic) bond motifs is 1. The standard InChI is InChI=1S/C21H17ClN6O/c1-13(24-21(29)20-25-18-4-2-3-5-19(18)26-20)12-28-9-8-17(27-28)14-6-7-15(11-23)16(22)10-14/h2-10,13H,12H2,1H3,(H,24,29)(H,25,26). The van der Waals surface area contributed by atoms with E-state index in [1.807, 2.05) is 55.6 Å². The van der Waals surface area contributed by atoms with Gasteiger partial charge in [-0.05, 0) is 37.3 Å². The van der Waals surface area contributed by atoms with Crippen molar-refractivity contribution in [1.29, 1.82) is 5.26 Å². The number of halogens is 1. The predicted molar refractivity (Wildman–Crippen MR) is 110 cm³/mol. The van der Waals surface area contributed by atoms with Crippen molar-refractivity contribution in [2.45, 2.75) is 19.5 Å². The van der Waals surface area contributed by atoms with Gasteiger partial charge in [-0.3, -0.25) is 9.48 Å². The van der Waals surface area contributed by atoms with Gasteiger partial charge in [0.2, 0.25) is 0 Å². The summed E-state index contributed by atoms with van der Waals surface area (Å²) in [6.45, 7) is 2.40. The molecule has 144 valence electrons. The van der Waals surface area contributed by atoms with Crippen LogP contribution in [0.3, 0.4) is 0 Å². The van der Waals surface area contributed by atoms with Crippen molar-refractivity contribution in [3.63, 3.8) is 0 Å². The molecule has 2 aromatic carbocycles. The number of hydrogen-bond acceptors (Lipinski definition) is 4. The first-order valence-electron chi connectivity index (χ1n) is 9.02. The Hall–Kier alpha value is -3.63. The summed E-state index contributed by atoms with van der Waals surface area (Å²) in [4.78, 5) is 19.8. The van der Waals surface area contributed by atoms with Crippen LogP contribution in [0.1, 0.15) is 23.1 Å². The van der Waals surface area contributed by atoms with Gasteiger partial charge in [-0.2, -0.15) is 10.4 Å². The van der Waals surface area contributed by atoms with Crippen LogP contribution in [0.4, 0.5) is 0 Å². The van der Waals surface area contributed by atoms with E-state index in [0.717, 1.165) is 22.3 Å². The zero-order valence-electron chi connectivity index (χ0n) is 15.6. The summed E-state index contributed by atoms with van der Waals surface area (Å²) in [7, 11) is 0. The number of nitrogens with one attached hydrogen (secondary N) is 2. The Balaban J connectivity index is 1.42. The van der Waals surface area contributed by atoms with Crippen LogP contribution in [-0.2, 0) is 6.54 Å². The van der Waals surface area contributed by atoms with E-state index in [4.69, 9.17) is 16.9 Å². The maximum absolute atomic E-state index is 12.5. The molecule has 4 rings (SSSR count). The van der Waals surface area contributed by atoms with Crippen LogP contribution in [0.15, 0.2) is 54.7 Å². The molecule has 1 atom stereocenters. The fourth-order valence-electron chi connectivity index (χ4n) is 3.06. The minimum Gasteiger partial charge on any atom is -0.345 e. The number of carbonyl (C=O) groups excluding carboxylic acids is 1. The van der Waals surface area contributed by atoms with Crippen molar-refractivity contribution in [1.82, 2.24) is 25.1 Å². The summed E-state index contributed by atoms with van der Waals surface area (Å²) in [6.07, 6.45) is 1.84. The number of H-pyrrole nitrogens is 1. The molecule has 7 nitrogen and oxygen atoms in total. The third-order valence-electron chi connectivity index (χ3n) is 4.47. The summed E-state index contributed by atoms with van der Waals surface area (Å²) in [5.74, 6) is 0.0198. The van der Waals surface area contributed by atoms with Crippen LogP contribution in [-0.4, -0.2) is 31.7 Å². The van der Waals surface area contributed by atoms with Gasteiger partial charge in [0, 0.05) is 17.8 Å². The third kappa shape index (κ3) is 3.98. The lowest BCUT2D eigenvalue weighted by Crippen LogP contribution is -2.36. The van der Waals surface area contributed by atoms with Crippen molar-refractivity contribution >= 4 is 28.5 Å². The molecule has 8 heteroatoms. The van der Waals surface area contributed by atoms with Crippen LogP contribution >= 0.6 is 11.6 Å². The number of carbonyl (C=O) groups is 1. The molecule has 0 aliphatic carbocycles. The van der Waals surface area contributed by atoms with E-state index in [1.54, 1.807) is 16.8 Å². The molecule has 4 aromatic rings. The Morgan fingerprint density at radius 2 is 2.14 bits per heavy atom. The van der Waals surface area contributed by atoms with E-state index in [0.29, 0.717) is 17.1 Å². The number of para-hydroxylation sites is 2. The highest BCUT2D eigenvalue weighted by Gasteiger charge is 2.15. The quantitative estimate of drug-likeness (QED) is 0.528. The second-order valence-corrected chi connectivity index (χ2v) is 7.11. The van der Waals surface area contributed by atoms with Gasteiger partial charge in [0.1, 0.15) is 6.07 Å². The van der Waals surface area contributed by atoms with E-state index < -0.39 is 0 Å². The summed E-state index contributed by atoms with van der Waals surface area (Å²) in [5, 5.41) is 16.8. The molecule has 2 aromatic heterocycles. The fraction of sp³-hybridized carbons (Fsp3) is 0.143. The molecule has 2 heterocycles. The number of hydrogen-bond donors (Lipinski definition) is 2. The van der Waals surface area contributed by atoms with Crippen LogP contribution < -0.4 is 5.32 Å². The first kappa shape index (κ1) is 18.7. The zero-order valence-corrected chi connectivity index (χ0v) is 16.3. The molecule has 0 saturated heterocycles. The van der Waals surface area contributed by atoms with Crippen LogP contribution in [0.25, 0.3) is 22.3 Å². The molecule has 29 heavy (non-hydrogen) atoms. The highest BCUT2D eigenvalue weighted by atomic mass is 35.5. The number of nitrogens with zero attached hydrogens (tertiary/aromatic N) is 4. The molecule has 0 spiro atoms. The Labute approximate surface area is 171 Å². The number of aromatic nitrogens is 4. The second kappa shape index (κ2) is 7.78. The highest BCUT2D eigenvalue weighted by Crippen LogP contribution is 2.24. The Morgan fingerprint density at radius 1 is 1.31 bits per heavy atom. The number of rotatable bonds is 5. The number of imidazole rings is 1. The largest absolute Gasteiger partial charge is 0.345 e. The van der Waals surface area contributed by atoms with Crippen molar-refractivity contribution in [3.05, 3.63) is 71.1 Å². The van der Waals surface area contributed by atoms with Gasteiger partial charge < -0.3 is 10.3 Å². The summed E-state index contributed by atoms with van der Waals surface area (Å²) >= 11 is 6.10. The van der Waals surface area contributed by atoms with E-state index in [1.165, 1.54) is 0 Å². The molecule has 2 N–H and O–H groups in total. The van der Waals surface area contributed by atoms with Crippen LogP contribution in [0, 0.1) is 11.3 Å². The summed E-state index contributed by atoms with van der Waals surface area (Å²) < 4.78 is 1.75. The monoisotopic (exact) mass is 404 g/mol. The first-order valence-corrected chi connectivity index (χ1v) is 9.40. The Bertz CT molecular complexity index is 1200. The van der Waals surface area contributed by atoms with Crippen LogP contribution in [0.5, 0.6) is 0 Å². The van der Waals surface area contributed by atoms with Gasteiger partial charge in [0.25, 0.3) is 5.91 Å². The number of nitriles is 1. The normalized spacial score (nSPS) is 11.9. The summed E-state index contributed by atoms with van der Waals surface area (Å²) in [6, 6.07) is 16.5. The Kier molecular flexibility index (Phi) is 5.02. The smallest absolute Gasteiger partial charge is 0.287 e. The average molecular weight is 405 g/mol. The maximum Gasteiger partial charge on any atom is 0.287 e. The van der Waals surface area contributed by atoms with E-state index in [2.05, 4.69) is 20.4 Å². The van der Waals surface area contributed by atoms with Gasteiger partial charge >= 0.3 is 0 Å². The van der Waals surface area contributed by atoms with E-state index >= 15 is 0 Å². The molecule has 0 radical (unpaired) electrons. The predicted octanol–water partition coefficient (Wildman–Crippen LogP) is 3.77. The van der Waals surface area contributed by atoms with Gasteiger partial charge in [-0.1, -0.05) is 29.8 Å². The summed E-state index contributed by atoms with van der Waals surface area (Å²) in [5.41, 5.74) is 3.57. The molecule has 1 unspecified atom stereocenters. The maximum atomic E-state index is 12.5. The van der Waals surface area contributed by atoms with Crippen molar-refractivity contribution in [3.8, 4) is 17.3 Å². The number of benzene rings is 2. The first-order chi connectivity index (χ1) is 14.0. The van der Waals surface area contributed by atoms with Crippen molar-refractivity contribution in [2.75, 3.05) is 0 Å². The van der Waals surface area contributed by atoms with Crippen molar-refractivity contribution < 1.29 is 4.79 Å². The zero-order chi connectivity index (χ0) is 20.4. The average Bonchev–Trinajstić information content (AvgIpc) is 3.34. The molecule has 1 amide bonds. The van der Waals surface area contributed by atoms with E-state index in [9.17, 15) is 4.79 Å². The highest BCUT2D eigenvalue weighted by molar-refractivity contribution is 6.32. The lowest BCUT2D eigenvalue weighted by Gasteiger charge is -2.13. The van der Waals surface area contributed by atoms with Gasteiger partial charge in [-0.15, -0.1) is 0 Å². The lowest BCUT2D eigenvalue weighted by atomic mass is 10.1. The fourth-order valence-corrected chi connectivity index (χ4v) is 3.28. The number of aromatic amines is 1.